The highest BCUT2D eigenvalue weighted by molar-refractivity contribution is 5.66. The van der Waals surface area contributed by atoms with Gasteiger partial charge in [-0.1, -0.05) is 12.0 Å². The van der Waals surface area contributed by atoms with E-state index in [2.05, 4.69) is 27.1 Å². The highest BCUT2D eigenvalue weighted by Gasteiger charge is 2.15. The molecule has 1 saturated heterocycles. The van der Waals surface area contributed by atoms with Gasteiger partial charge in [-0.15, -0.1) is 6.42 Å². The molecule has 0 saturated carbocycles. The molecule has 1 heterocycles. The second-order valence-corrected chi connectivity index (χ2v) is 8.50. The number of nitrogens with zero attached hydrogens (tertiary/aromatic N) is 2. The van der Waals surface area contributed by atoms with Crippen LogP contribution in [0.5, 0.6) is 0 Å². The maximum atomic E-state index is 6.00. The molecule has 0 unspecified atom stereocenters. The van der Waals surface area contributed by atoms with Crippen LogP contribution < -0.4 is 11.1 Å². The monoisotopic (exact) mass is 476 g/mol. The van der Waals surface area contributed by atoms with Crippen molar-refractivity contribution in [2.45, 2.75) is 19.8 Å². The van der Waals surface area contributed by atoms with Gasteiger partial charge < -0.3 is 30.0 Å². The van der Waals surface area contributed by atoms with Gasteiger partial charge in [0.25, 0.3) is 0 Å². The van der Waals surface area contributed by atoms with Gasteiger partial charge in [0, 0.05) is 45.9 Å². The van der Waals surface area contributed by atoms with Gasteiger partial charge in [-0.2, -0.15) is 0 Å². The topological polar surface area (TPSA) is 81.5 Å². The molecule has 1 aromatic rings. The van der Waals surface area contributed by atoms with Crippen LogP contribution in [0.1, 0.15) is 18.4 Å². The van der Waals surface area contributed by atoms with Crippen LogP contribution in [-0.4, -0.2) is 108 Å². The predicted molar refractivity (Wildman–Crippen MR) is 138 cm³/mol. The molecule has 0 spiro atoms. The minimum atomic E-state index is 0.577. The zero-order chi connectivity index (χ0) is 24.3. The van der Waals surface area contributed by atoms with E-state index >= 15 is 0 Å². The minimum Gasteiger partial charge on any atom is -0.397 e. The van der Waals surface area contributed by atoms with E-state index in [1.807, 2.05) is 19.1 Å². The smallest absolute Gasteiger partial charge is 0.0701 e. The Morgan fingerprint density at radius 1 is 0.853 bits per heavy atom. The summed E-state index contributed by atoms with van der Waals surface area (Å²) in [5.74, 6) is 2.71. The molecule has 3 N–H and O–H groups in total. The number of unbranched alkanes of at least 4 members (excludes halogenated alkanes) is 1. The van der Waals surface area contributed by atoms with Crippen molar-refractivity contribution in [3.63, 3.8) is 0 Å². The highest BCUT2D eigenvalue weighted by Crippen LogP contribution is 2.19. The van der Waals surface area contributed by atoms with E-state index in [1.54, 1.807) is 0 Å². The van der Waals surface area contributed by atoms with Crippen molar-refractivity contribution >= 4 is 11.4 Å². The van der Waals surface area contributed by atoms with Crippen LogP contribution in [0, 0.1) is 19.3 Å². The van der Waals surface area contributed by atoms with Gasteiger partial charge in [-0.25, -0.2) is 0 Å². The van der Waals surface area contributed by atoms with Crippen LogP contribution in [0.3, 0.4) is 0 Å². The van der Waals surface area contributed by atoms with E-state index < -0.39 is 0 Å². The molecule has 1 fully saturated rings. The molecule has 0 atom stereocenters. The number of terminal acetylenes is 1. The lowest BCUT2D eigenvalue weighted by Gasteiger charge is -2.33. The fourth-order valence-corrected chi connectivity index (χ4v) is 3.65. The van der Waals surface area contributed by atoms with Crippen molar-refractivity contribution < 1.29 is 18.9 Å². The zero-order valence-corrected chi connectivity index (χ0v) is 20.9. The summed E-state index contributed by atoms with van der Waals surface area (Å²) in [7, 11) is 0. The molecular formula is C26H44N4O4. The van der Waals surface area contributed by atoms with E-state index in [9.17, 15) is 0 Å². The van der Waals surface area contributed by atoms with Gasteiger partial charge >= 0.3 is 0 Å². The van der Waals surface area contributed by atoms with Gasteiger partial charge in [0.05, 0.1) is 64.2 Å². The predicted octanol–water partition coefficient (Wildman–Crippen LogP) is 2.09. The molecule has 0 radical (unpaired) electrons. The summed E-state index contributed by atoms with van der Waals surface area (Å²) in [5.41, 5.74) is 8.97. The quantitative estimate of drug-likeness (QED) is 0.178. The van der Waals surface area contributed by atoms with E-state index in [0.29, 0.717) is 39.6 Å². The molecule has 1 aromatic carbocycles. The second-order valence-electron chi connectivity index (χ2n) is 8.50. The lowest BCUT2D eigenvalue weighted by molar-refractivity contribution is -0.00523. The Bertz CT molecular complexity index is 690. The third kappa shape index (κ3) is 13.1. The fraction of sp³-hybridized carbons (Fsp3) is 0.692. The average molecular weight is 477 g/mol. The van der Waals surface area contributed by atoms with Crippen LogP contribution in [0.25, 0.3) is 0 Å². The summed E-state index contributed by atoms with van der Waals surface area (Å²) in [5, 5.41) is 3.37. The maximum Gasteiger partial charge on any atom is 0.0701 e. The molecule has 8 nitrogen and oxygen atoms in total. The molecule has 34 heavy (non-hydrogen) atoms. The molecule has 1 aliphatic heterocycles. The molecule has 0 amide bonds. The average Bonchev–Trinajstić information content (AvgIpc) is 2.83. The zero-order valence-electron chi connectivity index (χ0n) is 20.9. The standard InChI is InChI=1S/C26H44N4O4/c1-3-9-29-10-12-30(13-11-29)14-16-32-18-20-34-22-21-33-19-17-31-15-5-4-8-28-26-7-6-24(2)23-25(26)27/h1,6-7,23,28H,4-5,8-22,27H2,2H3. The first-order chi connectivity index (χ1) is 16.7. The van der Waals surface area contributed by atoms with Crippen molar-refractivity contribution in [1.82, 2.24) is 9.80 Å². The number of ether oxygens (including phenoxy) is 4. The molecule has 2 rings (SSSR count). The molecule has 8 heteroatoms. The van der Waals surface area contributed by atoms with Crippen molar-refractivity contribution in [2.75, 3.05) is 110 Å². The number of rotatable bonds is 19. The number of hydrogen-bond donors (Lipinski definition) is 2. The lowest BCUT2D eigenvalue weighted by Crippen LogP contribution is -2.47. The van der Waals surface area contributed by atoms with E-state index in [4.69, 9.17) is 31.1 Å². The number of benzene rings is 1. The van der Waals surface area contributed by atoms with Gasteiger partial charge in [0.1, 0.15) is 0 Å². The largest absolute Gasteiger partial charge is 0.397 e. The van der Waals surface area contributed by atoms with Crippen LogP contribution >= 0.6 is 0 Å². The summed E-state index contributed by atoms with van der Waals surface area (Å²) in [6.45, 7) is 13.9. The molecule has 0 aromatic heterocycles. The number of aryl methyl sites for hydroxylation is 1. The molecule has 0 bridgehead atoms. The Morgan fingerprint density at radius 2 is 1.44 bits per heavy atom. The Hall–Kier alpha value is -1.86. The first-order valence-electron chi connectivity index (χ1n) is 12.5. The third-order valence-corrected chi connectivity index (χ3v) is 5.69. The first kappa shape index (κ1) is 28.4. The highest BCUT2D eigenvalue weighted by atomic mass is 16.6. The Morgan fingerprint density at radius 3 is 2.06 bits per heavy atom. The Labute approximate surface area is 206 Å². The van der Waals surface area contributed by atoms with Crippen LogP contribution in [0.2, 0.25) is 0 Å². The van der Waals surface area contributed by atoms with E-state index in [1.165, 1.54) is 5.56 Å². The summed E-state index contributed by atoms with van der Waals surface area (Å²) >= 11 is 0. The van der Waals surface area contributed by atoms with Crippen molar-refractivity contribution in [3.8, 4) is 12.3 Å². The number of hydrogen-bond acceptors (Lipinski definition) is 8. The van der Waals surface area contributed by atoms with Crippen LogP contribution in [-0.2, 0) is 18.9 Å². The van der Waals surface area contributed by atoms with Gasteiger partial charge in [-0.3, -0.25) is 9.80 Å². The van der Waals surface area contributed by atoms with Crippen molar-refractivity contribution in [2.24, 2.45) is 0 Å². The summed E-state index contributed by atoms with van der Waals surface area (Å²) in [4.78, 5) is 4.73. The maximum absolute atomic E-state index is 6.00. The van der Waals surface area contributed by atoms with Gasteiger partial charge in [0.2, 0.25) is 0 Å². The summed E-state index contributed by atoms with van der Waals surface area (Å²) in [6, 6.07) is 6.08. The van der Waals surface area contributed by atoms with Crippen molar-refractivity contribution in [1.29, 1.82) is 0 Å². The summed E-state index contributed by atoms with van der Waals surface area (Å²) in [6.07, 6.45) is 7.40. The molecule has 1 aliphatic rings. The Kier molecular flexibility index (Phi) is 15.4. The number of nitrogen functional groups attached to an aromatic ring is 1. The first-order valence-corrected chi connectivity index (χ1v) is 12.5. The third-order valence-electron chi connectivity index (χ3n) is 5.69. The van der Waals surface area contributed by atoms with Crippen LogP contribution in [0.4, 0.5) is 11.4 Å². The summed E-state index contributed by atoms with van der Waals surface area (Å²) < 4.78 is 22.4. The lowest BCUT2D eigenvalue weighted by atomic mass is 10.2. The SMILES string of the molecule is C#CCN1CCN(CCOCCOCCOCCOCCCCNc2ccc(C)cc2N)CC1. The van der Waals surface area contributed by atoms with E-state index in [-0.39, 0.29) is 0 Å². The molecular weight excluding hydrogens is 432 g/mol. The second kappa shape index (κ2) is 18.5. The van der Waals surface area contributed by atoms with E-state index in [0.717, 1.165) is 83.2 Å². The fourth-order valence-electron chi connectivity index (χ4n) is 3.65. The number of nitrogens with two attached hydrogens (primary N) is 1. The van der Waals surface area contributed by atoms with Gasteiger partial charge in [0.15, 0.2) is 0 Å². The van der Waals surface area contributed by atoms with Gasteiger partial charge in [-0.05, 0) is 37.5 Å². The number of piperazine rings is 1. The van der Waals surface area contributed by atoms with Crippen molar-refractivity contribution in [3.05, 3.63) is 23.8 Å². The van der Waals surface area contributed by atoms with Crippen LogP contribution in [0.15, 0.2) is 18.2 Å². The normalized spacial score (nSPS) is 14.8. The Balaban J connectivity index is 1.26. The minimum absolute atomic E-state index is 0.577. The molecule has 192 valence electrons. The molecule has 0 aliphatic carbocycles. The number of nitrogens with one attached hydrogen (secondary N) is 1. The number of anilines is 2.